The standard InChI is InChI=1S/C11H16Cl2N2/c1-5-6-7-8(12)14-10(11(2,3)4)15-9(7)13/h5-6H2,1-4H3. The van der Waals surface area contributed by atoms with Crippen molar-refractivity contribution in [2.24, 2.45) is 0 Å². The molecule has 0 radical (unpaired) electrons. The molecule has 1 aromatic heterocycles. The molecule has 84 valence electrons. The molecule has 0 aliphatic heterocycles. The van der Waals surface area contributed by atoms with Crippen LogP contribution >= 0.6 is 23.2 Å². The lowest BCUT2D eigenvalue weighted by Crippen LogP contribution is -2.17. The van der Waals surface area contributed by atoms with E-state index in [0.717, 1.165) is 18.4 Å². The summed E-state index contributed by atoms with van der Waals surface area (Å²) in [5, 5.41) is 0.976. The van der Waals surface area contributed by atoms with Crippen molar-refractivity contribution >= 4 is 23.2 Å². The van der Waals surface area contributed by atoms with Crippen LogP contribution in [0.3, 0.4) is 0 Å². The smallest absolute Gasteiger partial charge is 0.137 e. The number of nitrogens with zero attached hydrogens (tertiary/aromatic N) is 2. The highest BCUT2D eigenvalue weighted by atomic mass is 35.5. The molecule has 0 saturated carbocycles. The molecule has 0 amide bonds. The van der Waals surface area contributed by atoms with E-state index in [0.29, 0.717) is 16.1 Å². The lowest BCUT2D eigenvalue weighted by molar-refractivity contribution is 0.544. The highest BCUT2D eigenvalue weighted by molar-refractivity contribution is 6.34. The van der Waals surface area contributed by atoms with Gasteiger partial charge in [-0.3, -0.25) is 0 Å². The third-order valence-electron chi connectivity index (χ3n) is 2.08. The van der Waals surface area contributed by atoms with E-state index in [-0.39, 0.29) is 5.41 Å². The summed E-state index contributed by atoms with van der Waals surface area (Å²) in [5.41, 5.74) is 0.728. The monoisotopic (exact) mass is 246 g/mol. The molecule has 1 heterocycles. The fourth-order valence-corrected chi connectivity index (χ4v) is 1.80. The van der Waals surface area contributed by atoms with Crippen molar-refractivity contribution in [3.8, 4) is 0 Å². The van der Waals surface area contributed by atoms with Crippen molar-refractivity contribution in [1.29, 1.82) is 0 Å². The average Bonchev–Trinajstić information content (AvgIpc) is 2.09. The Balaban J connectivity index is 3.19. The van der Waals surface area contributed by atoms with Crippen molar-refractivity contribution in [2.45, 2.75) is 46.0 Å². The SMILES string of the molecule is CCCc1c(Cl)nc(C(C)(C)C)nc1Cl. The van der Waals surface area contributed by atoms with Gasteiger partial charge in [-0.1, -0.05) is 57.3 Å². The first-order valence-corrected chi connectivity index (χ1v) is 5.84. The van der Waals surface area contributed by atoms with Gasteiger partial charge < -0.3 is 0 Å². The van der Waals surface area contributed by atoms with Gasteiger partial charge in [-0.05, 0) is 6.42 Å². The summed E-state index contributed by atoms with van der Waals surface area (Å²) >= 11 is 12.2. The number of hydrogen-bond acceptors (Lipinski definition) is 2. The number of rotatable bonds is 2. The minimum Gasteiger partial charge on any atom is -0.220 e. The van der Waals surface area contributed by atoms with Gasteiger partial charge in [0.05, 0.1) is 0 Å². The van der Waals surface area contributed by atoms with E-state index < -0.39 is 0 Å². The summed E-state index contributed by atoms with van der Waals surface area (Å²) in [5.74, 6) is 0.692. The second kappa shape index (κ2) is 4.67. The van der Waals surface area contributed by atoms with Gasteiger partial charge in [0.15, 0.2) is 0 Å². The molecule has 0 aliphatic carbocycles. The fourth-order valence-electron chi connectivity index (χ4n) is 1.22. The highest BCUT2D eigenvalue weighted by Crippen LogP contribution is 2.27. The van der Waals surface area contributed by atoms with E-state index in [1.54, 1.807) is 0 Å². The molecular weight excluding hydrogens is 231 g/mol. The summed E-state index contributed by atoms with van der Waals surface area (Å²) in [4.78, 5) is 8.59. The summed E-state index contributed by atoms with van der Waals surface area (Å²) in [6.45, 7) is 8.18. The normalized spacial score (nSPS) is 11.9. The van der Waals surface area contributed by atoms with Crippen LogP contribution in [0.1, 0.15) is 45.5 Å². The molecule has 0 spiro atoms. The number of hydrogen-bond donors (Lipinski definition) is 0. The summed E-state index contributed by atoms with van der Waals surface area (Å²) in [6, 6.07) is 0. The van der Waals surface area contributed by atoms with Crippen molar-refractivity contribution in [3.63, 3.8) is 0 Å². The first-order chi connectivity index (χ1) is 6.86. The van der Waals surface area contributed by atoms with Crippen molar-refractivity contribution in [3.05, 3.63) is 21.7 Å². The van der Waals surface area contributed by atoms with E-state index in [9.17, 15) is 0 Å². The number of halogens is 2. The van der Waals surface area contributed by atoms with Crippen LogP contribution in [-0.4, -0.2) is 9.97 Å². The van der Waals surface area contributed by atoms with Gasteiger partial charge in [-0.2, -0.15) is 0 Å². The van der Waals surface area contributed by atoms with Crippen LogP contribution in [0, 0.1) is 0 Å². The molecule has 0 N–H and O–H groups in total. The average molecular weight is 247 g/mol. The molecule has 0 saturated heterocycles. The Bertz CT molecular complexity index is 333. The molecular formula is C11H16Cl2N2. The quantitative estimate of drug-likeness (QED) is 0.737. The molecule has 0 aromatic carbocycles. The van der Waals surface area contributed by atoms with Crippen molar-refractivity contribution in [2.75, 3.05) is 0 Å². The maximum atomic E-state index is 6.08. The van der Waals surface area contributed by atoms with Gasteiger partial charge in [0.1, 0.15) is 16.1 Å². The zero-order valence-electron chi connectivity index (χ0n) is 9.56. The van der Waals surface area contributed by atoms with Crippen LogP contribution in [0.25, 0.3) is 0 Å². The van der Waals surface area contributed by atoms with Gasteiger partial charge in [0, 0.05) is 11.0 Å². The molecule has 0 bridgehead atoms. The Morgan fingerprint density at radius 3 is 1.87 bits per heavy atom. The van der Waals surface area contributed by atoms with E-state index in [1.165, 1.54) is 0 Å². The third kappa shape index (κ3) is 3.05. The fraction of sp³-hybridized carbons (Fsp3) is 0.636. The zero-order chi connectivity index (χ0) is 11.6. The molecule has 0 atom stereocenters. The minimum absolute atomic E-state index is 0.127. The maximum absolute atomic E-state index is 6.08. The van der Waals surface area contributed by atoms with Crippen molar-refractivity contribution < 1.29 is 0 Å². The van der Waals surface area contributed by atoms with Gasteiger partial charge in [-0.25, -0.2) is 9.97 Å². The van der Waals surface area contributed by atoms with Crippen LogP contribution in [0.15, 0.2) is 0 Å². The lowest BCUT2D eigenvalue weighted by Gasteiger charge is -2.18. The Morgan fingerprint density at radius 2 is 1.53 bits per heavy atom. The molecule has 0 aliphatic rings. The van der Waals surface area contributed by atoms with Crippen LogP contribution in [-0.2, 0) is 11.8 Å². The lowest BCUT2D eigenvalue weighted by atomic mass is 9.95. The van der Waals surface area contributed by atoms with E-state index in [4.69, 9.17) is 23.2 Å². The van der Waals surface area contributed by atoms with Gasteiger partial charge in [0.25, 0.3) is 0 Å². The summed E-state index contributed by atoms with van der Waals surface area (Å²) < 4.78 is 0. The summed E-state index contributed by atoms with van der Waals surface area (Å²) in [6.07, 6.45) is 1.81. The Labute approximate surface area is 101 Å². The van der Waals surface area contributed by atoms with E-state index in [2.05, 4.69) is 16.9 Å². The predicted octanol–water partition coefficient (Wildman–Crippen LogP) is 4.03. The summed E-state index contributed by atoms with van der Waals surface area (Å²) in [7, 11) is 0. The first-order valence-electron chi connectivity index (χ1n) is 5.08. The zero-order valence-corrected chi connectivity index (χ0v) is 11.1. The third-order valence-corrected chi connectivity index (χ3v) is 2.70. The van der Waals surface area contributed by atoms with Gasteiger partial charge >= 0.3 is 0 Å². The maximum Gasteiger partial charge on any atom is 0.137 e. The van der Waals surface area contributed by atoms with Crippen LogP contribution in [0.5, 0.6) is 0 Å². The molecule has 2 nitrogen and oxygen atoms in total. The Morgan fingerprint density at radius 1 is 1.07 bits per heavy atom. The number of aromatic nitrogens is 2. The van der Waals surface area contributed by atoms with E-state index in [1.807, 2.05) is 20.8 Å². The van der Waals surface area contributed by atoms with E-state index >= 15 is 0 Å². The minimum atomic E-state index is -0.127. The second-order valence-electron chi connectivity index (χ2n) is 4.61. The second-order valence-corrected chi connectivity index (χ2v) is 5.32. The highest BCUT2D eigenvalue weighted by Gasteiger charge is 2.20. The molecule has 15 heavy (non-hydrogen) atoms. The van der Waals surface area contributed by atoms with Gasteiger partial charge in [0.2, 0.25) is 0 Å². The molecule has 1 rings (SSSR count). The van der Waals surface area contributed by atoms with Gasteiger partial charge in [-0.15, -0.1) is 0 Å². The van der Waals surface area contributed by atoms with Crippen LogP contribution < -0.4 is 0 Å². The Kier molecular flexibility index (Phi) is 3.96. The first kappa shape index (κ1) is 12.7. The topological polar surface area (TPSA) is 25.8 Å². The van der Waals surface area contributed by atoms with Crippen molar-refractivity contribution in [1.82, 2.24) is 9.97 Å². The largest absolute Gasteiger partial charge is 0.220 e. The molecule has 0 fully saturated rings. The van der Waals surface area contributed by atoms with Crippen LogP contribution in [0.4, 0.5) is 0 Å². The molecule has 4 heteroatoms. The molecule has 1 aromatic rings. The predicted molar refractivity (Wildman–Crippen MR) is 64.7 cm³/mol. The van der Waals surface area contributed by atoms with Crippen LogP contribution in [0.2, 0.25) is 10.3 Å². The Hall–Kier alpha value is -0.340. The molecule has 0 unspecified atom stereocenters.